The monoisotopic (exact) mass is 823 g/mol. The highest BCUT2D eigenvalue weighted by Gasteiger charge is 2.30. The predicted molar refractivity (Wildman–Crippen MR) is 245 cm³/mol. The highest BCUT2D eigenvalue weighted by atomic mass is 31.2. The average molecular weight is 823 g/mol. The summed E-state index contributed by atoms with van der Waals surface area (Å²) in [5.74, 6) is 0.0588. The van der Waals surface area contributed by atoms with Crippen molar-refractivity contribution in [1.29, 1.82) is 5.26 Å². The van der Waals surface area contributed by atoms with Crippen molar-refractivity contribution in [1.82, 2.24) is 15.3 Å². The van der Waals surface area contributed by atoms with E-state index in [0.717, 1.165) is 25.7 Å². The van der Waals surface area contributed by atoms with Crippen molar-refractivity contribution < 1.29 is 18.6 Å². The van der Waals surface area contributed by atoms with Crippen LogP contribution in [0.15, 0.2) is 0 Å². The first-order valence-corrected chi connectivity index (χ1v) is 25.7. The summed E-state index contributed by atoms with van der Waals surface area (Å²) in [6.07, 6.45) is 39.9. The first kappa shape index (κ1) is 55.7. The third kappa shape index (κ3) is 37.5. The normalized spacial score (nSPS) is 12.2. The minimum atomic E-state index is -1.49. The predicted octanol–water partition coefficient (Wildman–Crippen LogP) is 14.4. The summed E-state index contributed by atoms with van der Waals surface area (Å²) in [6.45, 7) is 13.9. The molecule has 0 spiro atoms. The number of nitrogens with one attached hydrogen (secondary N) is 2. The molecule has 57 heavy (non-hydrogen) atoms. The molecular weight excluding hydrogens is 728 g/mol. The Morgan fingerprint density at radius 1 is 0.526 bits per heavy atom. The van der Waals surface area contributed by atoms with E-state index in [4.69, 9.17) is 14.3 Å². The maximum atomic E-state index is 12.9. The van der Waals surface area contributed by atoms with Gasteiger partial charge in [0.25, 0.3) is 8.53 Å². The van der Waals surface area contributed by atoms with E-state index in [0.29, 0.717) is 25.9 Å². The molecule has 0 rings (SSSR count). The van der Waals surface area contributed by atoms with Gasteiger partial charge >= 0.3 is 0 Å². The van der Waals surface area contributed by atoms with Crippen molar-refractivity contribution >= 4 is 20.3 Å². The summed E-state index contributed by atoms with van der Waals surface area (Å²) < 4.78 is 14.9. The number of nitriles is 1. The van der Waals surface area contributed by atoms with Crippen LogP contribution in [0.1, 0.15) is 253 Å². The lowest BCUT2D eigenvalue weighted by atomic mass is 10.0. The maximum absolute atomic E-state index is 12.9. The number of hydrogen-bond acceptors (Lipinski definition) is 6. The van der Waals surface area contributed by atoms with E-state index in [-0.39, 0.29) is 36.9 Å². The standard InChI is InChI=1S/C48H95N4O4P/c1-7-9-11-13-15-17-19-21-23-25-27-29-31-33-35-38-47(53)50-42-46(56-57(55-41-37-40-49)52(44(3)4)45(5)6)43-51-48(54)39-36-34-32-30-28-26-24-22-20-18-16-14-12-10-8-2/h44-46H,7-39,41-43H2,1-6H3,(H,50,53)(H,51,54). The second-order valence-electron chi connectivity index (χ2n) is 17.3. The van der Waals surface area contributed by atoms with Crippen LogP contribution in [-0.2, 0) is 18.6 Å². The quantitative estimate of drug-likeness (QED) is 0.0468. The van der Waals surface area contributed by atoms with E-state index in [1.165, 1.54) is 167 Å². The highest BCUT2D eigenvalue weighted by Crippen LogP contribution is 2.47. The van der Waals surface area contributed by atoms with Gasteiger partial charge in [0, 0.05) is 38.0 Å². The van der Waals surface area contributed by atoms with Gasteiger partial charge < -0.3 is 19.7 Å². The van der Waals surface area contributed by atoms with E-state index in [1.807, 2.05) is 0 Å². The topological polar surface area (TPSA) is 104 Å². The van der Waals surface area contributed by atoms with Crippen LogP contribution in [0.2, 0.25) is 0 Å². The van der Waals surface area contributed by atoms with Gasteiger partial charge in [0.2, 0.25) is 11.8 Å². The van der Waals surface area contributed by atoms with Crippen LogP contribution in [0, 0.1) is 11.3 Å². The fourth-order valence-corrected chi connectivity index (χ4v) is 9.22. The molecular formula is C48H95N4O4P. The molecule has 0 aromatic carbocycles. The van der Waals surface area contributed by atoms with Gasteiger partial charge in [-0.25, -0.2) is 4.67 Å². The molecule has 0 radical (unpaired) electrons. The van der Waals surface area contributed by atoms with Gasteiger partial charge in [-0.3, -0.25) is 9.59 Å². The fourth-order valence-electron chi connectivity index (χ4n) is 7.51. The van der Waals surface area contributed by atoms with Gasteiger partial charge in [0.1, 0.15) is 6.10 Å². The molecule has 0 aromatic heterocycles. The Labute approximate surface area is 355 Å². The molecule has 0 aromatic rings. The smallest absolute Gasteiger partial charge is 0.259 e. The maximum Gasteiger partial charge on any atom is 0.259 e. The van der Waals surface area contributed by atoms with E-state index < -0.39 is 14.6 Å². The fraction of sp³-hybridized carbons (Fsp3) is 0.938. The lowest BCUT2D eigenvalue weighted by Crippen LogP contribution is -2.43. The van der Waals surface area contributed by atoms with E-state index >= 15 is 0 Å². The number of amides is 2. The zero-order valence-corrected chi connectivity index (χ0v) is 39.6. The van der Waals surface area contributed by atoms with Gasteiger partial charge in [0.05, 0.1) is 19.1 Å². The third-order valence-electron chi connectivity index (χ3n) is 11.0. The largest absolute Gasteiger partial charge is 0.353 e. The molecule has 1 unspecified atom stereocenters. The first-order valence-electron chi connectivity index (χ1n) is 24.5. The number of carbonyl (C=O) groups excluding carboxylic acids is 2. The van der Waals surface area contributed by atoms with Crippen molar-refractivity contribution in [3.63, 3.8) is 0 Å². The Balaban J connectivity index is 4.58. The summed E-state index contributed by atoms with van der Waals surface area (Å²) in [7, 11) is -1.49. The summed E-state index contributed by atoms with van der Waals surface area (Å²) in [4.78, 5) is 25.8. The summed E-state index contributed by atoms with van der Waals surface area (Å²) >= 11 is 0. The van der Waals surface area contributed by atoms with Crippen LogP contribution < -0.4 is 10.6 Å². The molecule has 0 aliphatic heterocycles. The molecule has 336 valence electrons. The Morgan fingerprint density at radius 3 is 1.11 bits per heavy atom. The zero-order valence-electron chi connectivity index (χ0n) is 38.7. The van der Waals surface area contributed by atoms with Crippen molar-refractivity contribution in [3.05, 3.63) is 0 Å². The van der Waals surface area contributed by atoms with Gasteiger partial charge in [0.15, 0.2) is 0 Å². The molecule has 2 N–H and O–H groups in total. The molecule has 0 heterocycles. The Bertz CT molecular complexity index is 873. The lowest BCUT2D eigenvalue weighted by molar-refractivity contribution is -0.121. The molecule has 0 saturated heterocycles. The second-order valence-corrected chi connectivity index (χ2v) is 18.7. The summed E-state index contributed by atoms with van der Waals surface area (Å²) in [5.41, 5.74) is 0. The minimum Gasteiger partial charge on any atom is -0.353 e. The van der Waals surface area contributed by atoms with Crippen LogP contribution in [0.25, 0.3) is 0 Å². The van der Waals surface area contributed by atoms with E-state index in [1.54, 1.807) is 0 Å². The van der Waals surface area contributed by atoms with Crippen LogP contribution in [-0.4, -0.2) is 54.4 Å². The van der Waals surface area contributed by atoms with Crippen molar-refractivity contribution in [2.45, 2.75) is 272 Å². The van der Waals surface area contributed by atoms with Crippen molar-refractivity contribution in [3.8, 4) is 6.07 Å². The van der Waals surface area contributed by atoms with Gasteiger partial charge in [-0.1, -0.05) is 194 Å². The third-order valence-corrected chi connectivity index (χ3v) is 13.2. The molecule has 0 fully saturated rings. The number of carbonyl (C=O) groups is 2. The van der Waals surface area contributed by atoms with Gasteiger partial charge in [-0.2, -0.15) is 5.26 Å². The SMILES string of the molecule is CCCCCCCCCCCCCCCCCC(=O)NCC(CNC(=O)CCCCCCCCCCCCCCCCC)OP(OCCC#N)N(C(C)C)C(C)C. The molecule has 8 nitrogen and oxygen atoms in total. The summed E-state index contributed by atoms with van der Waals surface area (Å²) in [6, 6.07) is 2.49. The van der Waals surface area contributed by atoms with Crippen molar-refractivity contribution in [2.75, 3.05) is 19.7 Å². The Kier molecular flexibility index (Phi) is 41.9. The van der Waals surface area contributed by atoms with Gasteiger partial charge in [-0.05, 0) is 40.5 Å². The van der Waals surface area contributed by atoms with Crippen molar-refractivity contribution in [2.24, 2.45) is 0 Å². The Hall–Kier alpha value is -1.26. The van der Waals surface area contributed by atoms with Crippen LogP contribution in [0.4, 0.5) is 0 Å². The number of hydrogen-bond donors (Lipinski definition) is 2. The number of unbranched alkanes of at least 4 members (excludes halogenated alkanes) is 28. The lowest BCUT2D eigenvalue weighted by Gasteiger charge is -2.37. The summed E-state index contributed by atoms with van der Waals surface area (Å²) in [5, 5.41) is 15.3. The average Bonchev–Trinajstić information content (AvgIpc) is 3.18. The van der Waals surface area contributed by atoms with Gasteiger partial charge in [-0.15, -0.1) is 0 Å². The second kappa shape index (κ2) is 42.8. The Morgan fingerprint density at radius 2 is 0.825 bits per heavy atom. The minimum absolute atomic E-state index is 0.0294. The molecule has 0 bridgehead atoms. The molecule has 1 atom stereocenters. The molecule has 0 aliphatic rings. The number of nitrogens with zero attached hydrogens (tertiary/aromatic N) is 2. The van der Waals surface area contributed by atoms with Crippen LogP contribution >= 0.6 is 8.53 Å². The number of rotatable bonds is 44. The van der Waals surface area contributed by atoms with Crippen LogP contribution in [0.5, 0.6) is 0 Å². The molecule has 9 heteroatoms. The molecule has 2 amide bonds. The molecule has 0 saturated carbocycles. The van der Waals surface area contributed by atoms with E-state index in [9.17, 15) is 9.59 Å². The highest BCUT2D eigenvalue weighted by molar-refractivity contribution is 7.44. The first-order chi connectivity index (χ1) is 27.8. The zero-order chi connectivity index (χ0) is 42.0. The molecule has 0 aliphatic carbocycles. The van der Waals surface area contributed by atoms with Crippen LogP contribution in [0.3, 0.4) is 0 Å². The van der Waals surface area contributed by atoms with E-state index in [2.05, 4.69) is 62.9 Å².